The minimum absolute atomic E-state index is 0.705. The number of hydrogen-bond donors (Lipinski definition) is 1. The second-order valence-corrected chi connectivity index (χ2v) is 5.13. The molecule has 1 aromatic carbocycles. The number of hydrogen-bond acceptors (Lipinski definition) is 3. The standard InChI is InChI=1S/C16H25N3O/c1-5-19(6-2)9-10-20-16-12(3)18(4)15-8-7-13(17)11-14(15)16/h7-8,11H,5-6,9-10,17H2,1-4H3. The summed E-state index contributed by atoms with van der Waals surface area (Å²) in [6.45, 7) is 10.2. The number of ether oxygens (including phenoxy) is 1. The Bertz CT molecular complexity index is 585. The van der Waals surface area contributed by atoms with Crippen LogP contribution in [0, 0.1) is 6.92 Å². The van der Waals surface area contributed by atoms with Crippen LogP contribution in [-0.4, -0.2) is 35.7 Å². The Morgan fingerprint density at radius 3 is 2.60 bits per heavy atom. The molecule has 0 saturated heterocycles. The fraction of sp³-hybridized carbons (Fsp3) is 0.500. The van der Waals surface area contributed by atoms with E-state index >= 15 is 0 Å². The highest BCUT2D eigenvalue weighted by Crippen LogP contribution is 2.33. The molecule has 110 valence electrons. The molecule has 0 unspecified atom stereocenters. The van der Waals surface area contributed by atoms with Crippen molar-refractivity contribution in [2.45, 2.75) is 20.8 Å². The molecule has 1 heterocycles. The van der Waals surface area contributed by atoms with Gasteiger partial charge in [-0.2, -0.15) is 0 Å². The summed E-state index contributed by atoms with van der Waals surface area (Å²) in [5.41, 5.74) is 8.98. The Labute approximate surface area is 121 Å². The first-order valence-electron chi connectivity index (χ1n) is 7.28. The lowest BCUT2D eigenvalue weighted by Crippen LogP contribution is -2.27. The van der Waals surface area contributed by atoms with Crippen LogP contribution in [0.15, 0.2) is 18.2 Å². The Kier molecular flexibility index (Phi) is 4.55. The minimum Gasteiger partial charge on any atom is -0.490 e. The third-order valence-corrected chi connectivity index (χ3v) is 4.01. The topological polar surface area (TPSA) is 43.4 Å². The third kappa shape index (κ3) is 2.75. The van der Waals surface area contributed by atoms with Crippen molar-refractivity contribution in [3.8, 4) is 5.75 Å². The molecular formula is C16H25N3O. The molecule has 0 spiro atoms. The average molecular weight is 275 g/mol. The van der Waals surface area contributed by atoms with Gasteiger partial charge in [0.2, 0.25) is 0 Å². The van der Waals surface area contributed by atoms with Gasteiger partial charge in [0.25, 0.3) is 0 Å². The third-order valence-electron chi connectivity index (χ3n) is 4.01. The first-order chi connectivity index (χ1) is 9.58. The molecule has 0 aliphatic rings. The molecule has 20 heavy (non-hydrogen) atoms. The first-order valence-corrected chi connectivity index (χ1v) is 7.28. The van der Waals surface area contributed by atoms with E-state index in [0.717, 1.165) is 47.7 Å². The number of nitrogens with two attached hydrogens (primary N) is 1. The van der Waals surface area contributed by atoms with Gasteiger partial charge in [0.05, 0.1) is 11.2 Å². The Balaban J connectivity index is 2.21. The van der Waals surface area contributed by atoms with E-state index < -0.39 is 0 Å². The Morgan fingerprint density at radius 1 is 1.25 bits per heavy atom. The molecule has 1 aromatic heterocycles. The van der Waals surface area contributed by atoms with Crippen LogP contribution >= 0.6 is 0 Å². The van der Waals surface area contributed by atoms with Gasteiger partial charge in [0, 0.05) is 24.7 Å². The van der Waals surface area contributed by atoms with Crippen molar-refractivity contribution in [3.63, 3.8) is 0 Å². The Morgan fingerprint density at radius 2 is 1.95 bits per heavy atom. The quantitative estimate of drug-likeness (QED) is 0.824. The fourth-order valence-corrected chi connectivity index (χ4v) is 2.55. The summed E-state index contributed by atoms with van der Waals surface area (Å²) >= 11 is 0. The molecule has 4 nitrogen and oxygen atoms in total. The second-order valence-electron chi connectivity index (χ2n) is 5.13. The van der Waals surface area contributed by atoms with Gasteiger partial charge in [0.15, 0.2) is 0 Å². The van der Waals surface area contributed by atoms with Gasteiger partial charge in [-0.05, 0) is 38.2 Å². The summed E-state index contributed by atoms with van der Waals surface area (Å²) in [5.74, 6) is 0.960. The van der Waals surface area contributed by atoms with Crippen molar-refractivity contribution in [2.24, 2.45) is 7.05 Å². The van der Waals surface area contributed by atoms with Crippen LogP contribution < -0.4 is 10.5 Å². The van der Waals surface area contributed by atoms with Crippen LogP contribution in [0.5, 0.6) is 5.75 Å². The molecular weight excluding hydrogens is 250 g/mol. The predicted octanol–water partition coefficient (Wildman–Crippen LogP) is 2.79. The highest BCUT2D eigenvalue weighted by molar-refractivity contribution is 5.90. The molecule has 0 saturated carbocycles. The van der Waals surface area contributed by atoms with Gasteiger partial charge in [-0.15, -0.1) is 0 Å². The van der Waals surface area contributed by atoms with Crippen molar-refractivity contribution in [3.05, 3.63) is 23.9 Å². The normalized spacial score (nSPS) is 11.4. The van der Waals surface area contributed by atoms with Crippen LogP contribution in [0.1, 0.15) is 19.5 Å². The molecule has 0 aliphatic heterocycles. The summed E-state index contributed by atoms with van der Waals surface area (Å²) in [6.07, 6.45) is 0. The summed E-state index contributed by atoms with van der Waals surface area (Å²) in [7, 11) is 2.06. The maximum atomic E-state index is 6.04. The van der Waals surface area contributed by atoms with Crippen LogP contribution in [0.4, 0.5) is 5.69 Å². The molecule has 0 bridgehead atoms. The maximum absolute atomic E-state index is 6.04. The Hall–Kier alpha value is -1.68. The molecule has 0 atom stereocenters. The van der Waals surface area contributed by atoms with Crippen molar-refractivity contribution >= 4 is 16.6 Å². The zero-order valence-corrected chi connectivity index (χ0v) is 12.9. The molecule has 0 radical (unpaired) electrons. The summed E-state index contributed by atoms with van der Waals surface area (Å²) in [5, 5.41) is 1.10. The molecule has 0 fully saturated rings. The van der Waals surface area contributed by atoms with E-state index in [1.807, 2.05) is 12.1 Å². The lowest BCUT2D eigenvalue weighted by atomic mass is 10.2. The lowest BCUT2D eigenvalue weighted by molar-refractivity contribution is 0.223. The van der Waals surface area contributed by atoms with Crippen LogP contribution in [0.3, 0.4) is 0 Å². The number of aryl methyl sites for hydroxylation is 1. The molecule has 2 aromatic rings. The zero-order valence-electron chi connectivity index (χ0n) is 12.9. The largest absolute Gasteiger partial charge is 0.490 e. The van der Waals surface area contributed by atoms with E-state index in [9.17, 15) is 0 Å². The van der Waals surface area contributed by atoms with Crippen LogP contribution in [0.2, 0.25) is 0 Å². The van der Waals surface area contributed by atoms with Gasteiger partial charge in [-0.1, -0.05) is 13.8 Å². The van der Waals surface area contributed by atoms with Crippen molar-refractivity contribution in [1.82, 2.24) is 9.47 Å². The number of rotatable bonds is 6. The van der Waals surface area contributed by atoms with Crippen molar-refractivity contribution < 1.29 is 4.74 Å². The maximum Gasteiger partial charge on any atom is 0.147 e. The van der Waals surface area contributed by atoms with Gasteiger partial charge < -0.3 is 19.9 Å². The van der Waals surface area contributed by atoms with Crippen molar-refractivity contribution in [2.75, 3.05) is 32.0 Å². The lowest BCUT2D eigenvalue weighted by Gasteiger charge is -2.18. The molecule has 2 N–H and O–H groups in total. The summed E-state index contributed by atoms with van der Waals surface area (Å²) < 4.78 is 8.20. The van der Waals surface area contributed by atoms with E-state index in [0.29, 0.717) is 6.61 Å². The average Bonchev–Trinajstić information content (AvgIpc) is 2.68. The van der Waals surface area contributed by atoms with E-state index in [1.165, 1.54) is 0 Å². The smallest absolute Gasteiger partial charge is 0.147 e. The molecule has 0 aliphatic carbocycles. The number of fused-ring (bicyclic) bond motifs is 1. The second kappa shape index (κ2) is 6.18. The number of nitrogens with zero attached hydrogens (tertiary/aromatic N) is 2. The van der Waals surface area contributed by atoms with E-state index in [2.05, 4.69) is 43.4 Å². The fourth-order valence-electron chi connectivity index (χ4n) is 2.55. The van der Waals surface area contributed by atoms with Crippen molar-refractivity contribution in [1.29, 1.82) is 0 Å². The van der Waals surface area contributed by atoms with Gasteiger partial charge in [-0.3, -0.25) is 0 Å². The molecule has 2 rings (SSSR count). The van der Waals surface area contributed by atoms with Gasteiger partial charge in [0.1, 0.15) is 12.4 Å². The number of anilines is 1. The number of nitrogen functional groups attached to an aromatic ring is 1. The number of benzene rings is 1. The monoisotopic (exact) mass is 275 g/mol. The molecule has 4 heteroatoms. The summed E-state index contributed by atoms with van der Waals surface area (Å²) in [4.78, 5) is 2.36. The predicted molar refractivity (Wildman–Crippen MR) is 85.4 cm³/mol. The SMILES string of the molecule is CCN(CC)CCOc1c(C)n(C)c2ccc(N)cc12. The highest BCUT2D eigenvalue weighted by atomic mass is 16.5. The zero-order chi connectivity index (χ0) is 14.7. The van der Waals surface area contributed by atoms with Crippen LogP contribution in [-0.2, 0) is 7.05 Å². The van der Waals surface area contributed by atoms with Gasteiger partial charge in [-0.25, -0.2) is 0 Å². The van der Waals surface area contributed by atoms with E-state index in [-0.39, 0.29) is 0 Å². The van der Waals surface area contributed by atoms with Crippen LogP contribution in [0.25, 0.3) is 10.9 Å². The van der Waals surface area contributed by atoms with E-state index in [4.69, 9.17) is 10.5 Å². The van der Waals surface area contributed by atoms with E-state index in [1.54, 1.807) is 0 Å². The molecule has 0 amide bonds. The van der Waals surface area contributed by atoms with Gasteiger partial charge >= 0.3 is 0 Å². The number of aromatic nitrogens is 1. The number of likely N-dealkylation sites (N-methyl/N-ethyl adjacent to an activating group) is 1. The minimum atomic E-state index is 0.705. The summed E-state index contributed by atoms with van der Waals surface area (Å²) in [6, 6.07) is 5.98. The highest BCUT2D eigenvalue weighted by Gasteiger charge is 2.13. The first kappa shape index (κ1) is 14.7.